The Morgan fingerprint density at radius 2 is 1.82 bits per heavy atom. The number of rotatable bonds is 10. The van der Waals surface area contributed by atoms with Crippen molar-refractivity contribution in [3.05, 3.63) is 60.4 Å². The molecule has 7 nitrogen and oxygen atoms in total. The van der Waals surface area contributed by atoms with Crippen LogP contribution in [0.3, 0.4) is 0 Å². The van der Waals surface area contributed by atoms with Gasteiger partial charge in [-0.1, -0.05) is 44.2 Å². The number of hydrogen-bond donors (Lipinski definition) is 1. The first-order chi connectivity index (χ1) is 16.1. The number of carbonyl (C=O) groups is 1. The minimum atomic E-state index is -0.0128. The monoisotopic (exact) mass is 450 g/mol. The SMILES string of the molecule is CC(C)CC(CNC(=O)Cn1c(COc2ccccc2)nc2ccccc21)N1CCOCC1. The number of hydrogen-bond acceptors (Lipinski definition) is 5. The highest BCUT2D eigenvalue weighted by Crippen LogP contribution is 2.19. The molecule has 3 aromatic rings. The van der Waals surface area contributed by atoms with Crippen molar-refractivity contribution >= 4 is 16.9 Å². The summed E-state index contributed by atoms with van der Waals surface area (Å²) in [4.78, 5) is 20.2. The average molecular weight is 451 g/mol. The highest BCUT2D eigenvalue weighted by atomic mass is 16.5. The molecular weight excluding hydrogens is 416 g/mol. The normalized spacial score (nSPS) is 15.6. The van der Waals surface area contributed by atoms with Crippen LogP contribution < -0.4 is 10.1 Å². The summed E-state index contributed by atoms with van der Waals surface area (Å²) < 4.78 is 13.4. The van der Waals surface area contributed by atoms with E-state index < -0.39 is 0 Å². The number of amides is 1. The molecule has 176 valence electrons. The van der Waals surface area contributed by atoms with Crippen molar-refractivity contribution in [2.45, 2.75) is 39.5 Å². The van der Waals surface area contributed by atoms with Crippen LogP contribution in [0, 0.1) is 5.92 Å². The molecule has 1 aromatic heterocycles. The number of aromatic nitrogens is 2. The Labute approximate surface area is 195 Å². The summed E-state index contributed by atoms with van der Waals surface area (Å²) >= 11 is 0. The van der Waals surface area contributed by atoms with E-state index >= 15 is 0 Å². The Morgan fingerprint density at radius 1 is 1.09 bits per heavy atom. The Kier molecular flexibility index (Phi) is 7.96. The van der Waals surface area contributed by atoms with Crippen molar-refractivity contribution in [3.8, 4) is 5.75 Å². The summed E-state index contributed by atoms with van der Waals surface area (Å²) in [5.41, 5.74) is 1.80. The van der Waals surface area contributed by atoms with Crippen molar-refractivity contribution in [2.24, 2.45) is 5.92 Å². The Morgan fingerprint density at radius 3 is 2.58 bits per heavy atom. The Bertz CT molecular complexity index is 1030. The zero-order valence-electron chi connectivity index (χ0n) is 19.6. The van der Waals surface area contributed by atoms with Gasteiger partial charge in [0.15, 0.2) is 0 Å². The first kappa shape index (κ1) is 23.3. The predicted octanol–water partition coefficient (Wildman–Crippen LogP) is 3.48. The average Bonchev–Trinajstić information content (AvgIpc) is 3.18. The smallest absolute Gasteiger partial charge is 0.240 e. The fraction of sp³-hybridized carbons (Fsp3) is 0.462. The van der Waals surface area contributed by atoms with Crippen LogP contribution in [0.25, 0.3) is 11.0 Å². The molecule has 0 saturated carbocycles. The first-order valence-electron chi connectivity index (χ1n) is 11.8. The topological polar surface area (TPSA) is 68.6 Å². The first-order valence-corrected chi connectivity index (χ1v) is 11.8. The zero-order chi connectivity index (χ0) is 23.0. The maximum atomic E-state index is 13.0. The lowest BCUT2D eigenvalue weighted by Crippen LogP contribution is -2.49. The molecule has 0 radical (unpaired) electrons. The third-order valence-corrected chi connectivity index (χ3v) is 5.99. The number of nitrogens with zero attached hydrogens (tertiary/aromatic N) is 3. The van der Waals surface area contributed by atoms with E-state index in [1.54, 1.807) is 0 Å². The molecule has 33 heavy (non-hydrogen) atoms. The number of imidazole rings is 1. The van der Waals surface area contributed by atoms with Gasteiger partial charge in [-0.15, -0.1) is 0 Å². The number of nitrogens with one attached hydrogen (secondary N) is 1. The van der Waals surface area contributed by atoms with Crippen LogP contribution >= 0.6 is 0 Å². The van der Waals surface area contributed by atoms with Gasteiger partial charge in [0.05, 0.1) is 24.2 Å². The van der Waals surface area contributed by atoms with Gasteiger partial charge in [-0.25, -0.2) is 4.98 Å². The Hall–Kier alpha value is -2.90. The summed E-state index contributed by atoms with van der Waals surface area (Å²) in [6, 6.07) is 17.9. The van der Waals surface area contributed by atoms with Crippen LogP contribution in [0.4, 0.5) is 0 Å². The third kappa shape index (κ3) is 6.33. The number of benzene rings is 2. The molecule has 1 fully saturated rings. The van der Waals surface area contributed by atoms with Crippen LogP contribution in [0.5, 0.6) is 5.75 Å². The quantitative estimate of drug-likeness (QED) is 0.512. The van der Waals surface area contributed by atoms with E-state index in [9.17, 15) is 4.79 Å². The molecule has 1 aliphatic heterocycles. The van der Waals surface area contributed by atoms with E-state index in [1.807, 2.05) is 59.2 Å². The van der Waals surface area contributed by atoms with Gasteiger partial charge in [-0.05, 0) is 36.6 Å². The van der Waals surface area contributed by atoms with Crippen molar-refractivity contribution in [3.63, 3.8) is 0 Å². The highest BCUT2D eigenvalue weighted by Gasteiger charge is 2.23. The van der Waals surface area contributed by atoms with Crippen LogP contribution in [0.2, 0.25) is 0 Å². The lowest BCUT2D eigenvalue weighted by atomic mass is 10.0. The fourth-order valence-corrected chi connectivity index (χ4v) is 4.36. The molecule has 2 aromatic carbocycles. The van der Waals surface area contributed by atoms with E-state index in [0.29, 0.717) is 25.1 Å². The van der Waals surface area contributed by atoms with Gasteiger partial charge >= 0.3 is 0 Å². The minimum Gasteiger partial charge on any atom is -0.486 e. The molecule has 0 spiro atoms. The lowest BCUT2D eigenvalue weighted by molar-refractivity contribution is -0.122. The van der Waals surface area contributed by atoms with Gasteiger partial charge in [-0.2, -0.15) is 0 Å². The van der Waals surface area contributed by atoms with Crippen molar-refractivity contribution in [1.29, 1.82) is 0 Å². The molecule has 4 rings (SSSR count). The zero-order valence-corrected chi connectivity index (χ0v) is 19.6. The number of carbonyl (C=O) groups excluding carboxylic acids is 1. The molecule has 1 unspecified atom stereocenters. The molecule has 2 heterocycles. The third-order valence-electron chi connectivity index (χ3n) is 5.99. The lowest BCUT2D eigenvalue weighted by Gasteiger charge is -2.35. The summed E-state index contributed by atoms with van der Waals surface area (Å²) in [6.45, 7) is 8.96. The van der Waals surface area contributed by atoms with E-state index in [0.717, 1.165) is 55.3 Å². The maximum absolute atomic E-state index is 13.0. The molecule has 1 amide bonds. The van der Waals surface area contributed by atoms with Gasteiger partial charge in [0.25, 0.3) is 0 Å². The van der Waals surface area contributed by atoms with Crippen molar-refractivity contribution in [1.82, 2.24) is 19.8 Å². The molecule has 0 aliphatic carbocycles. The molecule has 1 saturated heterocycles. The van der Waals surface area contributed by atoms with Gasteiger partial charge in [0, 0.05) is 25.7 Å². The van der Waals surface area contributed by atoms with Crippen LogP contribution in [-0.2, 0) is 22.7 Å². The summed E-state index contributed by atoms with van der Waals surface area (Å²) in [5, 5.41) is 3.18. The number of fused-ring (bicyclic) bond motifs is 1. The summed E-state index contributed by atoms with van der Waals surface area (Å²) in [6.07, 6.45) is 1.05. The minimum absolute atomic E-state index is 0.0128. The van der Waals surface area contributed by atoms with E-state index in [4.69, 9.17) is 14.5 Å². The van der Waals surface area contributed by atoms with Gasteiger partial charge < -0.3 is 19.4 Å². The predicted molar refractivity (Wildman–Crippen MR) is 129 cm³/mol. The van der Waals surface area contributed by atoms with Gasteiger partial charge in [0.1, 0.15) is 24.7 Å². The van der Waals surface area contributed by atoms with Crippen molar-refractivity contribution < 1.29 is 14.3 Å². The second-order valence-electron chi connectivity index (χ2n) is 8.94. The van der Waals surface area contributed by atoms with E-state index in [1.165, 1.54) is 0 Å². The Balaban J connectivity index is 1.43. The molecular formula is C26H34N4O3. The molecule has 0 bridgehead atoms. The maximum Gasteiger partial charge on any atom is 0.240 e. The van der Waals surface area contributed by atoms with E-state index in [2.05, 4.69) is 24.1 Å². The van der Waals surface area contributed by atoms with Gasteiger partial charge in [0.2, 0.25) is 5.91 Å². The fourth-order valence-electron chi connectivity index (χ4n) is 4.36. The summed E-state index contributed by atoms with van der Waals surface area (Å²) in [5.74, 6) is 2.07. The van der Waals surface area contributed by atoms with Crippen LogP contribution in [0.1, 0.15) is 26.1 Å². The molecule has 1 atom stereocenters. The highest BCUT2D eigenvalue weighted by molar-refractivity contribution is 5.81. The second-order valence-corrected chi connectivity index (χ2v) is 8.94. The largest absolute Gasteiger partial charge is 0.486 e. The summed E-state index contributed by atoms with van der Waals surface area (Å²) in [7, 11) is 0. The van der Waals surface area contributed by atoms with Crippen molar-refractivity contribution in [2.75, 3.05) is 32.8 Å². The van der Waals surface area contributed by atoms with Crippen LogP contribution in [-0.4, -0.2) is 59.2 Å². The van der Waals surface area contributed by atoms with Gasteiger partial charge in [-0.3, -0.25) is 9.69 Å². The van der Waals surface area contributed by atoms with E-state index in [-0.39, 0.29) is 12.5 Å². The molecule has 7 heteroatoms. The van der Waals surface area contributed by atoms with Crippen LogP contribution in [0.15, 0.2) is 54.6 Å². The molecule has 1 N–H and O–H groups in total. The molecule has 1 aliphatic rings. The number of morpholine rings is 1. The standard InChI is InChI=1S/C26H34N4O3/c1-20(2)16-21(29-12-14-32-15-13-29)17-27-26(31)18-30-24-11-7-6-10-23(24)28-25(30)19-33-22-8-4-3-5-9-22/h3-11,20-21H,12-19H2,1-2H3,(H,27,31). The number of para-hydroxylation sites is 3. The second kappa shape index (κ2) is 11.3. The number of ether oxygens (including phenoxy) is 2.